The minimum atomic E-state index is -0.245. The monoisotopic (exact) mass is 478 g/mol. The first-order valence-electron chi connectivity index (χ1n) is 12.0. The molecule has 2 amide bonds. The summed E-state index contributed by atoms with van der Waals surface area (Å²) in [5.41, 5.74) is 6.60. The molecular weight excluding hydrogens is 444 g/mol. The SMILES string of the molecule is COc1cc(N)c(Cl)cc1C(=O)NC1CCN(C[C@@H]2CCCCN2C(=O)C2CCCO2)CC1. The third-order valence-corrected chi connectivity index (χ3v) is 7.40. The first-order chi connectivity index (χ1) is 16.0. The lowest BCUT2D eigenvalue weighted by molar-refractivity contribution is -0.145. The van der Waals surface area contributed by atoms with Gasteiger partial charge in [0.15, 0.2) is 0 Å². The molecule has 8 nitrogen and oxygen atoms in total. The predicted octanol–water partition coefficient (Wildman–Crippen LogP) is 2.69. The molecule has 3 fully saturated rings. The van der Waals surface area contributed by atoms with Crippen molar-refractivity contribution in [1.29, 1.82) is 0 Å². The number of nitrogen functional groups attached to an aromatic ring is 1. The number of hydrogen-bond donors (Lipinski definition) is 2. The van der Waals surface area contributed by atoms with Gasteiger partial charge in [-0.15, -0.1) is 0 Å². The average molecular weight is 479 g/mol. The van der Waals surface area contributed by atoms with Gasteiger partial charge in [-0.2, -0.15) is 0 Å². The molecule has 3 aliphatic heterocycles. The Morgan fingerprint density at radius 3 is 2.64 bits per heavy atom. The minimum Gasteiger partial charge on any atom is -0.496 e. The largest absolute Gasteiger partial charge is 0.496 e. The number of nitrogens with zero attached hydrogens (tertiary/aromatic N) is 2. The summed E-state index contributed by atoms with van der Waals surface area (Å²) in [7, 11) is 1.51. The molecular formula is C24H35ClN4O4. The van der Waals surface area contributed by atoms with E-state index in [1.165, 1.54) is 13.5 Å². The maximum absolute atomic E-state index is 13.0. The van der Waals surface area contributed by atoms with Crippen LogP contribution in [0.2, 0.25) is 5.02 Å². The first kappa shape index (κ1) is 24.1. The summed E-state index contributed by atoms with van der Waals surface area (Å²) in [6, 6.07) is 3.48. The van der Waals surface area contributed by atoms with Crippen LogP contribution in [0, 0.1) is 0 Å². The van der Waals surface area contributed by atoms with Crippen molar-refractivity contribution in [2.24, 2.45) is 0 Å². The van der Waals surface area contributed by atoms with E-state index in [4.69, 9.17) is 26.8 Å². The fourth-order valence-electron chi connectivity index (χ4n) is 5.17. The van der Waals surface area contributed by atoms with Crippen molar-refractivity contribution in [3.05, 3.63) is 22.7 Å². The second kappa shape index (κ2) is 10.9. The molecule has 0 bridgehead atoms. The molecule has 3 saturated heterocycles. The van der Waals surface area contributed by atoms with Crippen molar-refractivity contribution in [1.82, 2.24) is 15.1 Å². The molecule has 2 atom stereocenters. The van der Waals surface area contributed by atoms with Crippen LogP contribution < -0.4 is 15.8 Å². The second-order valence-electron chi connectivity index (χ2n) is 9.31. The lowest BCUT2D eigenvalue weighted by atomic mass is 9.98. The number of nitrogens with two attached hydrogens (primary N) is 1. The molecule has 1 aromatic rings. The standard InChI is InChI=1S/C24H35ClN4O4/c1-32-22-14-20(26)19(25)13-18(22)23(30)27-16-7-10-28(11-8-16)15-17-5-2-3-9-29(17)24(31)21-6-4-12-33-21/h13-14,16-17,21H,2-12,15,26H2,1H3,(H,27,30)/t17-,21?/m0/s1. The number of benzene rings is 1. The highest BCUT2D eigenvalue weighted by atomic mass is 35.5. The molecule has 9 heteroatoms. The highest BCUT2D eigenvalue weighted by molar-refractivity contribution is 6.33. The first-order valence-corrected chi connectivity index (χ1v) is 12.4. The van der Waals surface area contributed by atoms with Gasteiger partial charge in [-0.3, -0.25) is 9.59 Å². The van der Waals surface area contributed by atoms with E-state index in [2.05, 4.69) is 15.1 Å². The van der Waals surface area contributed by atoms with Crippen LogP contribution in [0.15, 0.2) is 12.1 Å². The number of anilines is 1. The Kier molecular flexibility index (Phi) is 7.98. The van der Waals surface area contributed by atoms with Crippen molar-refractivity contribution in [2.45, 2.75) is 63.1 Å². The van der Waals surface area contributed by atoms with Crippen LogP contribution in [0.5, 0.6) is 5.75 Å². The topological polar surface area (TPSA) is 97.1 Å². The summed E-state index contributed by atoms with van der Waals surface area (Å²) in [5, 5.41) is 3.46. The van der Waals surface area contributed by atoms with E-state index >= 15 is 0 Å². The number of carbonyl (C=O) groups is 2. The molecule has 0 saturated carbocycles. The van der Waals surface area contributed by atoms with Crippen molar-refractivity contribution in [3.63, 3.8) is 0 Å². The van der Waals surface area contributed by atoms with E-state index in [1.807, 2.05) is 0 Å². The van der Waals surface area contributed by atoms with Gasteiger partial charge in [0.2, 0.25) is 0 Å². The van der Waals surface area contributed by atoms with Crippen LogP contribution >= 0.6 is 11.6 Å². The van der Waals surface area contributed by atoms with Crippen LogP contribution in [0.25, 0.3) is 0 Å². The smallest absolute Gasteiger partial charge is 0.255 e. The predicted molar refractivity (Wildman–Crippen MR) is 128 cm³/mol. The van der Waals surface area contributed by atoms with Crippen LogP contribution in [0.4, 0.5) is 5.69 Å². The summed E-state index contributed by atoms with van der Waals surface area (Å²) in [4.78, 5) is 30.3. The van der Waals surface area contributed by atoms with E-state index in [0.29, 0.717) is 28.6 Å². The Labute approximate surface area is 200 Å². The molecule has 0 spiro atoms. The van der Waals surface area contributed by atoms with E-state index in [-0.39, 0.29) is 30.0 Å². The number of methoxy groups -OCH3 is 1. The quantitative estimate of drug-likeness (QED) is 0.610. The van der Waals surface area contributed by atoms with Gasteiger partial charge in [0.25, 0.3) is 11.8 Å². The summed E-state index contributed by atoms with van der Waals surface area (Å²) in [5.74, 6) is 0.392. The maximum atomic E-state index is 13.0. The number of piperidine rings is 2. The third-order valence-electron chi connectivity index (χ3n) is 7.07. The summed E-state index contributed by atoms with van der Waals surface area (Å²) < 4.78 is 11.0. The van der Waals surface area contributed by atoms with Gasteiger partial charge in [0.1, 0.15) is 11.9 Å². The van der Waals surface area contributed by atoms with Gasteiger partial charge in [0, 0.05) is 50.9 Å². The maximum Gasteiger partial charge on any atom is 0.255 e. The molecule has 0 aliphatic carbocycles. The molecule has 182 valence electrons. The van der Waals surface area contributed by atoms with Gasteiger partial charge in [0.05, 0.1) is 23.4 Å². The molecule has 3 heterocycles. The molecule has 0 radical (unpaired) electrons. The molecule has 3 N–H and O–H groups in total. The number of likely N-dealkylation sites (tertiary alicyclic amines) is 2. The van der Waals surface area contributed by atoms with Gasteiger partial charge >= 0.3 is 0 Å². The van der Waals surface area contributed by atoms with E-state index in [1.54, 1.807) is 12.1 Å². The molecule has 4 rings (SSSR count). The van der Waals surface area contributed by atoms with Gasteiger partial charge in [-0.1, -0.05) is 11.6 Å². The van der Waals surface area contributed by atoms with Crippen LogP contribution in [0.3, 0.4) is 0 Å². The molecule has 1 aromatic carbocycles. The lowest BCUT2D eigenvalue weighted by Gasteiger charge is -2.41. The Morgan fingerprint density at radius 2 is 1.94 bits per heavy atom. The van der Waals surface area contributed by atoms with E-state index in [0.717, 1.165) is 64.7 Å². The van der Waals surface area contributed by atoms with Crippen LogP contribution in [-0.4, -0.2) is 79.7 Å². The number of carbonyl (C=O) groups excluding carboxylic acids is 2. The summed E-state index contributed by atoms with van der Waals surface area (Å²) in [6.07, 6.45) is 6.59. The van der Waals surface area contributed by atoms with Crippen molar-refractivity contribution >= 4 is 29.1 Å². The van der Waals surface area contributed by atoms with Crippen molar-refractivity contribution in [2.75, 3.05) is 45.6 Å². The van der Waals surface area contributed by atoms with Crippen LogP contribution in [0.1, 0.15) is 55.3 Å². The molecule has 3 aliphatic rings. The van der Waals surface area contributed by atoms with Crippen molar-refractivity contribution < 1.29 is 19.1 Å². The number of rotatable bonds is 6. The van der Waals surface area contributed by atoms with E-state index in [9.17, 15) is 9.59 Å². The van der Waals surface area contributed by atoms with Gasteiger partial charge < -0.3 is 30.3 Å². The number of hydrogen-bond acceptors (Lipinski definition) is 6. The third kappa shape index (κ3) is 5.73. The van der Waals surface area contributed by atoms with E-state index < -0.39 is 0 Å². The number of ether oxygens (including phenoxy) is 2. The summed E-state index contributed by atoms with van der Waals surface area (Å²) in [6.45, 7) is 4.21. The minimum absolute atomic E-state index is 0.0887. The fraction of sp³-hybridized carbons (Fsp3) is 0.667. The second-order valence-corrected chi connectivity index (χ2v) is 9.71. The Hall–Kier alpha value is -2.03. The normalized spacial score (nSPS) is 24.6. The number of nitrogens with one attached hydrogen (secondary N) is 1. The summed E-state index contributed by atoms with van der Waals surface area (Å²) >= 11 is 6.11. The zero-order chi connectivity index (χ0) is 23.4. The van der Waals surface area contributed by atoms with Gasteiger partial charge in [-0.05, 0) is 51.0 Å². The Morgan fingerprint density at radius 1 is 1.15 bits per heavy atom. The zero-order valence-electron chi connectivity index (χ0n) is 19.4. The van der Waals surface area contributed by atoms with Gasteiger partial charge in [-0.25, -0.2) is 0 Å². The number of amides is 2. The van der Waals surface area contributed by atoms with Crippen molar-refractivity contribution in [3.8, 4) is 5.75 Å². The highest BCUT2D eigenvalue weighted by Crippen LogP contribution is 2.29. The Bertz CT molecular complexity index is 853. The number of halogens is 1. The molecule has 0 aromatic heterocycles. The zero-order valence-corrected chi connectivity index (χ0v) is 20.1. The van der Waals surface area contributed by atoms with Crippen LogP contribution in [-0.2, 0) is 9.53 Å². The lowest BCUT2D eigenvalue weighted by Crippen LogP contribution is -2.54. The molecule has 33 heavy (non-hydrogen) atoms. The average Bonchev–Trinajstić information content (AvgIpc) is 3.37. The molecule has 1 unspecified atom stereocenters. The Balaban J connectivity index is 1.29. The fourth-order valence-corrected chi connectivity index (χ4v) is 5.34. The highest BCUT2D eigenvalue weighted by Gasteiger charge is 2.35.